The molecule has 0 aliphatic heterocycles. The highest BCUT2D eigenvalue weighted by atomic mass is 32.2. The first-order valence-electron chi connectivity index (χ1n) is 6.06. The summed E-state index contributed by atoms with van der Waals surface area (Å²) in [6.45, 7) is 0.434. The summed E-state index contributed by atoms with van der Waals surface area (Å²) in [5.41, 5.74) is 3.63. The van der Waals surface area contributed by atoms with Gasteiger partial charge in [-0.3, -0.25) is 0 Å². The minimum atomic E-state index is 0.434. The van der Waals surface area contributed by atoms with E-state index in [9.17, 15) is 0 Å². The van der Waals surface area contributed by atoms with Crippen LogP contribution in [0.3, 0.4) is 0 Å². The lowest BCUT2D eigenvalue weighted by molar-refractivity contribution is 0.345. The highest BCUT2D eigenvalue weighted by Crippen LogP contribution is 2.18. The fourth-order valence-electron chi connectivity index (χ4n) is 1.52. The van der Waals surface area contributed by atoms with Gasteiger partial charge in [-0.05, 0) is 17.9 Å². The number of nitrogens with two attached hydrogens (primary N) is 1. The van der Waals surface area contributed by atoms with Crippen molar-refractivity contribution in [3.05, 3.63) is 48.0 Å². The Morgan fingerprint density at radius 2 is 2.10 bits per heavy atom. The van der Waals surface area contributed by atoms with Crippen LogP contribution in [0, 0.1) is 0 Å². The second-order valence-electron chi connectivity index (χ2n) is 3.85. The molecule has 0 radical (unpaired) electrons. The van der Waals surface area contributed by atoms with Crippen LogP contribution in [0.4, 0.5) is 5.82 Å². The average Bonchev–Trinajstić information content (AvgIpc) is 2.52. The molecule has 2 aromatic rings. The van der Waals surface area contributed by atoms with Crippen molar-refractivity contribution in [2.24, 2.45) is 5.84 Å². The summed E-state index contributed by atoms with van der Waals surface area (Å²) >= 11 is 1.43. The van der Waals surface area contributed by atoms with Crippen LogP contribution in [0.25, 0.3) is 6.08 Å². The molecule has 3 N–H and O–H groups in total. The Bertz CT molecular complexity index is 552. The lowest BCUT2D eigenvalue weighted by Crippen LogP contribution is -2.10. The van der Waals surface area contributed by atoms with Crippen LogP contribution < -0.4 is 16.0 Å². The molecule has 5 nitrogen and oxygen atoms in total. The molecule has 0 saturated heterocycles. The van der Waals surface area contributed by atoms with Gasteiger partial charge in [0.2, 0.25) is 5.88 Å². The van der Waals surface area contributed by atoms with Gasteiger partial charge in [0.15, 0.2) is 5.16 Å². The van der Waals surface area contributed by atoms with Gasteiger partial charge >= 0.3 is 0 Å². The van der Waals surface area contributed by atoms with Crippen molar-refractivity contribution in [3.63, 3.8) is 0 Å². The predicted molar refractivity (Wildman–Crippen MR) is 82.6 cm³/mol. The number of rotatable bonds is 6. The Morgan fingerprint density at radius 3 is 2.80 bits per heavy atom. The Labute approximate surface area is 122 Å². The molecule has 0 bridgehead atoms. The highest BCUT2D eigenvalue weighted by molar-refractivity contribution is 7.98. The maximum absolute atomic E-state index is 5.57. The lowest BCUT2D eigenvalue weighted by Gasteiger charge is -2.06. The molecule has 2 rings (SSSR count). The van der Waals surface area contributed by atoms with Gasteiger partial charge in [0.05, 0.1) is 0 Å². The number of hydrogen-bond donors (Lipinski definition) is 2. The van der Waals surface area contributed by atoms with Crippen LogP contribution in [-0.4, -0.2) is 22.8 Å². The first-order chi connectivity index (χ1) is 9.81. The number of aromatic nitrogens is 2. The van der Waals surface area contributed by atoms with E-state index in [1.54, 1.807) is 6.07 Å². The summed E-state index contributed by atoms with van der Waals surface area (Å²) in [6, 6.07) is 11.7. The van der Waals surface area contributed by atoms with Crippen LogP contribution in [0.2, 0.25) is 0 Å². The van der Waals surface area contributed by atoms with Crippen LogP contribution >= 0.6 is 11.8 Å². The summed E-state index contributed by atoms with van der Waals surface area (Å²) in [6.07, 6.45) is 5.83. The molecule has 1 aromatic heterocycles. The summed E-state index contributed by atoms with van der Waals surface area (Å²) in [5, 5.41) is 0.613. The van der Waals surface area contributed by atoms with Gasteiger partial charge in [0, 0.05) is 6.07 Å². The molecule has 0 unspecified atom stereocenters. The number of hydrogen-bond acceptors (Lipinski definition) is 6. The van der Waals surface area contributed by atoms with Gasteiger partial charge in [-0.25, -0.2) is 10.8 Å². The number of anilines is 1. The zero-order valence-electron chi connectivity index (χ0n) is 11.1. The first kappa shape index (κ1) is 14.4. The summed E-state index contributed by atoms with van der Waals surface area (Å²) < 4.78 is 5.57. The summed E-state index contributed by atoms with van der Waals surface area (Å²) in [7, 11) is 0. The third kappa shape index (κ3) is 4.25. The van der Waals surface area contributed by atoms with E-state index in [1.807, 2.05) is 48.7 Å². The first-order valence-corrected chi connectivity index (χ1v) is 7.28. The van der Waals surface area contributed by atoms with Gasteiger partial charge in [-0.15, -0.1) is 0 Å². The molecule has 1 aromatic carbocycles. The Hall–Kier alpha value is -2.05. The number of nitrogen functional groups attached to an aromatic ring is 1. The highest BCUT2D eigenvalue weighted by Gasteiger charge is 2.03. The molecule has 0 saturated carbocycles. The third-order valence-electron chi connectivity index (χ3n) is 2.45. The lowest BCUT2D eigenvalue weighted by atomic mass is 10.2. The molecule has 0 spiro atoms. The van der Waals surface area contributed by atoms with E-state index >= 15 is 0 Å². The molecular formula is C14H16N4OS. The molecular weight excluding hydrogens is 272 g/mol. The maximum Gasteiger partial charge on any atom is 0.219 e. The molecule has 6 heteroatoms. The standard InChI is InChI=1S/C14H16N4OS/c1-20-14-16-12(18-15)10-13(17-14)19-9-5-8-11-6-3-2-4-7-11/h2-8,10H,9,15H2,1H3,(H,16,17,18)/b8-5+. The van der Waals surface area contributed by atoms with Crippen molar-refractivity contribution >= 4 is 23.7 Å². The number of benzene rings is 1. The zero-order valence-corrected chi connectivity index (χ0v) is 11.9. The van der Waals surface area contributed by atoms with E-state index in [-0.39, 0.29) is 0 Å². The number of hydrazine groups is 1. The fraction of sp³-hybridized carbons (Fsp3) is 0.143. The minimum absolute atomic E-state index is 0.434. The smallest absolute Gasteiger partial charge is 0.219 e. The van der Waals surface area contributed by atoms with Gasteiger partial charge < -0.3 is 10.2 Å². The van der Waals surface area contributed by atoms with Crippen LogP contribution in [0.15, 0.2) is 47.6 Å². The maximum atomic E-state index is 5.57. The van der Waals surface area contributed by atoms with Crippen molar-refractivity contribution in [1.82, 2.24) is 9.97 Å². The second kappa shape index (κ2) is 7.52. The average molecular weight is 288 g/mol. The fourth-order valence-corrected chi connectivity index (χ4v) is 1.90. The number of ether oxygens (including phenoxy) is 1. The van der Waals surface area contributed by atoms with Gasteiger partial charge in [-0.1, -0.05) is 48.2 Å². The third-order valence-corrected chi connectivity index (χ3v) is 3.00. The molecule has 0 atom stereocenters. The van der Waals surface area contributed by atoms with Gasteiger partial charge in [0.1, 0.15) is 12.4 Å². The minimum Gasteiger partial charge on any atom is -0.473 e. The zero-order chi connectivity index (χ0) is 14.2. The summed E-state index contributed by atoms with van der Waals surface area (Å²) in [5.74, 6) is 6.38. The molecule has 1 heterocycles. The Kier molecular flexibility index (Phi) is 5.40. The number of nitrogens with one attached hydrogen (secondary N) is 1. The summed E-state index contributed by atoms with van der Waals surface area (Å²) in [4.78, 5) is 8.41. The van der Waals surface area contributed by atoms with Gasteiger partial charge in [-0.2, -0.15) is 4.98 Å². The number of thioether (sulfide) groups is 1. The van der Waals surface area contributed by atoms with E-state index in [2.05, 4.69) is 15.4 Å². The molecule has 0 aliphatic carbocycles. The van der Waals surface area contributed by atoms with E-state index < -0.39 is 0 Å². The Balaban J connectivity index is 1.95. The monoisotopic (exact) mass is 288 g/mol. The van der Waals surface area contributed by atoms with Crippen molar-refractivity contribution < 1.29 is 4.74 Å². The second-order valence-corrected chi connectivity index (χ2v) is 4.62. The van der Waals surface area contributed by atoms with Crippen molar-refractivity contribution in [3.8, 4) is 5.88 Å². The SMILES string of the molecule is CSc1nc(NN)cc(OC/C=C/c2ccccc2)n1. The largest absolute Gasteiger partial charge is 0.473 e. The quantitative estimate of drug-likeness (QED) is 0.368. The normalized spacial score (nSPS) is 10.7. The van der Waals surface area contributed by atoms with Crippen LogP contribution in [0.1, 0.15) is 5.56 Å². The molecule has 0 aliphatic rings. The predicted octanol–water partition coefficient (Wildman–Crippen LogP) is 2.58. The number of nitrogens with zero attached hydrogens (tertiary/aromatic N) is 2. The van der Waals surface area contributed by atoms with E-state index in [0.29, 0.717) is 23.5 Å². The molecule has 20 heavy (non-hydrogen) atoms. The van der Waals surface area contributed by atoms with E-state index in [4.69, 9.17) is 10.6 Å². The molecule has 104 valence electrons. The van der Waals surface area contributed by atoms with Crippen LogP contribution in [0.5, 0.6) is 5.88 Å². The van der Waals surface area contributed by atoms with Crippen molar-refractivity contribution in [1.29, 1.82) is 0 Å². The van der Waals surface area contributed by atoms with Crippen molar-refractivity contribution in [2.75, 3.05) is 18.3 Å². The van der Waals surface area contributed by atoms with E-state index in [0.717, 1.165) is 5.56 Å². The van der Waals surface area contributed by atoms with Crippen molar-refractivity contribution in [2.45, 2.75) is 5.16 Å². The van der Waals surface area contributed by atoms with Gasteiger partial charge in [0.25, 0.3) is 0 Å². The van der Waals surface area contributed by atoms with Crippen LogP contribution in [-0.2, 0) is 0 Å². The van der Waals surface area contributed by atoms with E-state index in [1.165, 1.54) is 11.8 Å². The Morgan fingerprint density at radius 1 is 1.30 bits per heavy atom. The topological polar surface area (TPSA) is 73.1 Å². The molecule has 0 fully saturated rings. The molecule has 0 amide bonds.